The van der Waals surface area contributed by atoms with Crippen molar-refractivity contribution in [3.63, 3.8) is 0 Å². The summed E-state index contributed by atoms with van der Waals surface area (Å²) in [6.07, 6.45) is 0.356. The third kappa shape index (κ3) is 2.56. The predicted octanol–water partition coefficient (Wildman–Crippen LogP) is 2.54. The number of rotatable bonds is 4. The number of aryl methyl sites for hydroxylation is 2. The first kappa shape index (κ1) is 12.3. The molecular formula is C13H13FN2O2. The Morgan fingerprint density at radius 3 is 2.83 bits per heavy atom. The van der Waals surface area contributed by atoms with E-state index in [0.29, 0.717) is 23.5 Å². The van der Waals surface area contributed by atoms with E-state index in [-0.39, 0.29) is 12.2 Å². The van der Waals surface area contributed by atoms with Crippen molar-refractivity contribution >= 4 is 5.97 Å². The molecule has 94 valence electrons. The van der Waals surface area contributed by atoms with Gasteiger partial charge >= 0.3 is 5.97 Å². The minimum Gasteiger partial charge on any atom is -0.481 e. The number of hydrogen-bond acceptors (Lipinski definition) is 2. The van der Waals surface area contributed by atoms with E-state index in [1.807, 2.05) is 0 Å². The Balaban J connectivity index is 2.29. The average Bonchev–Trinajstić information content (AvgIpc) is 2.68. The summed E-state index contributed by atoms with van der Waals surface area (Å²) in [4.78, 5) is 17.8. The van der Waals surface area contributed by atoms with Crippen LogP contribution in [0.2, 0.25) is 0 Å². The molecule has 0 spiro atoms. The van der Waals surface area contributed by atoms with E-state index in [1.54, 1.807) is 25.1 Å². The summed E-state index contributed by atoms with van der Waals surface area (Å²) >= 11 is 0. The molecule has 0 atom stereocenters. The van der Waals surface area contributed by atoms with Crippen molar-refractivity contribution in [2.75, 3.05) is 0 Å². The lowest BCUT2D eigenvalue weighted by atomic mass is 10.2. The van der Waals surface area contributed by atoms with Gasteiger partial charge < -0.3 is 10.1 Å². The predicted molar refractivity (Wildman–Crippen MR) is 64.7 cm³/mol. The van der Waals surface area contributed by atoms with E-state index in [2.05, 4.69) is 9.97 Å². The Morgan fingerprint density at radius 2 is 2.17 bits per heavy atom. The van der Waals surface area contributed by atoms with Crippen molar-refractivity contribution in [3.8, 4) is 11.4 Å². The molecular weight excluding hydrogens is 235 g/mol. The van der Waals surface area contributed by atoms with Crippen LogP contribution in [0.4, 0.5) is 4.39 Å². The normalized spacial score (nSPS) is 10.6. The molecule has 18 heavy (non-hydrogen) atoms. The van der Waals surface area contributed by atoms with Crippen LogP contribution in [0, 0.1) is 12.7 Å². The quantitative estimate of drug-likeness (QED) is 0.873. The van der Waals surface area contributed by atoms with Gasteiger partial charge in [-0.25, -0.2) is 9.37 Å². The smallest absolute Gasteiger partial charge is 0.303 e. The number of carboxylic acids is 1. The number of aromatic amines is 1. The third-order valence-electron chi connectivity index (χ3n) is 2.69. The lowest BCUT2D eigenvalue weighted by Gasteiger charge is -1.97. The number of aromatic nitrogens is 2. The Hall–Kier alpha value is -2.17. The first-order chi connectivity index (χ1) is 8.58. The van der Waals surface area contributed by atoms with E-state index in [0.717, 1.165) is 5.69 Å². The molecule has 0 fully saturated rings. The van der Waals surface area contributed by atoms with Gasteiger partial charge in [-0.1, -0.05) is 12.1 Å². The van der Waals surface area contributed by atoms with E-state index in [1.165, 1.54) is 6.07 Å². The monoisotopic (exact) mass is 248 g/mol. The highest BCUT2D eigenvalue weighted by Crippen LogP contribution is 2.21. The summed E-state index contributed by atoms with van der Waals surface area (Å²) in [5, 5.41) is 8.64. The van der Waals surface area contributed by atoms with Crippen molar-refractivity contribution in [1.82, 2.24) is 9.97 Å². The van der Waals surface area contributed by atoms with Crippen LogP contribution in [0.5, 0.6) is 0 Å². The van der Waals surface area contributed by atoms with Gasteiger partial charge in [0.2, 0.25) is 0 Å². The lowest BCUT2D eigenvalue weighted by Crippen LogP contribution is -1.98. The Bertz CT molecular complexity index is 578. The van der Waals surface area contributed by atoms with Gasteiger partial charge in [0.1, 0.15) is 11.6 Å². The Morgan fingerprint density at radius 1 is 1.44 bits per heavy atom. The van der Waals surface area contributed by atoms with E-state index < -0.39 is 5.97 Å². The SMILES string of the molecule is Cc1[nH]c(-c2ccccc2F)nc1CCC(=O)O. The van der Waals surface area contributed by atoms with Gasteiger partial charge in [-0.05, 0) is 19.1 Å². The summed E-state index contributed by atoms with van der Waals surface area (Å²) in [7, 11) is 0. The molecule has 0 amide bonds. The standard InChI is InChI=1S/C13H13FN2O2/c1-8-11(6-7-12(17)18)16-13(15-8)9-4-2-3-5-10(9)14/h2-5H,6-7H2,1H3,(H,15,16)(H,17,18). The number of nitrogens with zero attached hydrogens (tertiary/aromatic N) is 1. The van der Waals surface area contributed by atoms with Crippen molar-refractivity contribution in [3.05, 3.63) is 41.5 Å². The number of carboxylic acid groups (broad SMARTS) is 1. The summed E-state index contributed by atoms with van der Waals surface area (Å²) in [5.74, 6) is -0.785. The zero-order valence-corrected chi connectivity index (χ0v) is 9.90. The van der Waals surface area contributed by atoms with Gasteiger partial charge in [-0.2, -0.15) is 0 Å². The van der Waals surface area contributed by atoms with Crippen molar-refractivity contribution in [1.29, 1.82) is 0 Å². The lowest BCUT2D eigenvalue weighted by molar-refractivity contribution is -0.136. The van der Waals surface area contributed by atoms with Gasteiger partial charge in [0.05, 0.1) is 17.7 Å². The zero-order valence-electron chi connectivity index (χ0n) is 9.90. The number of H-pyrrole nitrogens is 1. The molecule has 2 aromatic rings. The molecule has 0 aliphatic heterocycles. The maximum atomic E-state index is 13.6. The molecule has 1 aromatic heterocycles. The van der Waals surface area contributed by atoms with E-state index in [9.17, 15) is 9.18 Å². The summed E-state index contributed by atoms with van der Waals surface area (Å²) in [6, 6.07) is 6.34. The number of halogens is 1. The van der Waals surface area contributed by atoms with E-state index in [4.69, 9.17) is 5.11 Å². The van der Waals surface area contributed by atoms with Gasteiger partial charge in [-0.15, -0.1) is 0 Å². The second-order valence-electron chi connectivity index (χ2n) is 4.03. The highest BCUT2D eigenvalue weighted by molar-refractivity contribution is 5.67. The highest BCUT2D eigenvalue weighted by atomic mass is 19.1. The van der Waals surface area contributed by atoms with Crippen LogP contribution in [0.1, 0.15) is 17.8 Å². The topological polar surface area (TPSA) is 66.0 Å². The second-order valence-corrected chi connectivity index (χ2v) is 4.03. The van der Waals surface area contributed by atoms with Gasteiger partial charge in [0, 0.05) is 12.1 Å². The summed E-state index contributed by atoms with van der Waals surface area (Å²) in [5.41, 5.74) is 1.83. The van der Waals surface area contributed by atoms with Crippen molar-refractivity contribution in [2.24, 2.45) is 0 Å². The molecule has 4 nitrogen and oxygen atoms in total. The minimum atomic E-state index is -0.871. The Kier molecular flexibility index (Phi) is 3.41. The molecule has 2 rings (SSSR count). The van der Waals surface area contributed by atoms with Gasteiger partial charge in [0.25, 0.3) is 0 Å². The fourth-order valence-electron chi connectivity index (χ4n) is 1.75. The molecule has 0 saturated heterocycles. The number of benzene rings is 1. The molecule has 0 saturated carbocycles. The summed E-state index contributed by atoms with van der Waals surface area (Å²) < 4.78 is 13.6. The van der Waals surface area contributed by atoms with Crippen LogP contribution in [-0.2, 0) is 11.2 Å². The zero-order chi connectivity index (χ0) is 13.1. The maximum absolute atomic E-state index is 13.6. The number of aliphatic carboxylic acids is 1. The first-order valence-corrected chi connectivity index (χ1v) is 5.60. The van der Waals surface area contributed by atoms with Crippen LogP contribution < -0.4 is 0 Å². The Labute approximate surface area is 103 Å². The van der Waals surface area contributed by atoms with Crippen molar-refractivity contribution < 1.29 is 14.3 Å². The average molecular weight is 248 g/mol. The van der Waals surface area contributed by atoms with Crippen LogP contribution in [0.3, 0.4) is 0 Å². The number of carbonyl (C=O) groups is 1. The van der Waals surface area contributed by atoms with Gasteiger partial charge in [0.15, 0.2) is 0 Å². The molecule has 0 bridgehead atoms. The van der Waals surface area contributed by atoms with Crippen LogP contribution in [0.15, 0.2) is 24.3 Å². The second kappa shape index (κ2) is 5.00. The maximum Gasteiger partial charge on any atom is 0.303 e. The van der Waals surface area contributed by atoms with Crippen LogP contribution in [-0.4, -0.2) is 21.0 Å². The molecule has 5 heteroatoms. The fraction of sp³-hybridized carbons (Fsp3) is 0.231. The molecule has 1 aromatic carbocycles. The van der Waals surface area contributed by atoms with Crippen LogP contribution >= 0.6 is 0 Å². The largest absolute Gasteiger partial charge is 0.481 e. The number of hydrogen-bond donors (Lipinski definition) is 2. The molecule has 0 unspecified atom stereocenters. The molecule has 1 heterocycles. The number of nitrogens with one attached hydrogen (secondary N) is 1. The molecule has 0 aliphatic rings. The third-order valence-corrected chi connectivity index (χ3v) is 2.69. The molecule has 2 N–H and O–H groups in total. The van der Waals surface area contributed by atoms with Crippen LogP contribution in [0.25, 0.3) is 11.4 Å². The molecule has 0 radical (unpaired) electrons. The summed E-state index contributed by atoms with van der Waals surface area (Å²) in [6.45, 7) is 1.80. The molecule has 0 aliphatic carbocycles. The highest BCUT2D eigenvalue weighted by Gasteiger charge is 2.12. The van der Waals surface area contributed by atoms with Gasteiger partial charge in [-0.3, -0.25) is 4.79 Å². The number of imidazole rings is 1. The van der Waals surface area contributed by atoms with Crippen molar-refractivity contribution in [2.45, 2.75) is 19.8 Å². The van der Waals surface area contributed by atoms with E-state index >= 15 is 0 Å². The fourth-order valence-corrected chi connectivity index (χ4v) is 1.75. The minimum absolute atomic E-state index is 0.0163. The first-order valence-electron chi connectivity index (χ1n) is 5.60.